The highest BCUT2D eigenvalue weighted by molar-refractivity contribution is 6.31. The van der Waals surface area contributed by atoms with E-state index in [1.54, 1.807) is 0 Å². The summed E-state index contributed by atoms with van der Waals surface area (Å²) >= 11 is 5.94. The molecule has 3 rings (SSSR count). The number of H-pyrrole nitrogens is 1. The zero-order valence-corrected chi connectivity index (χ0v) is 9.67. The van der Waals surface area contributed by atoms with Gasteiger partial charge in [0.1, 0.15) is 5.82 Å². The van der Waals surface area contributed by atoms with E-state index in [2.05, 4.69) is 9.97 Å². The van der Waals surface area contributed by atoms with Crippen molar-refractivity contribution in [3.8, 4) is 0 Å². The Labute approximate surface area is 99.0 Å². The van der Waals surface area contributed by atoms with Crippen LogP contribution in [0.1, 0.15) is 31.0 Å². The number of benzene rings is 1. The quantitative estimate of drug-likeness (QED) is 0.799. The second-order valence-electron chi connectivity index (χ2n) is 4.55. The van der Waals surface area contributed by atoms with Crippen molar-refractivity contribution in [1.82, 2.24) is 9.97 Å². The molecule has 3 N–H and O–H groups in total. The SMILES string of the molecule is NC1CCC(c2nc3ccc(Cl)cc3[nH]2)C1. The number of halogens is 1. The highest BCUT2D eigenvalue weighted by Crippen LogP contribution is 2.33. The minimum absolute atomic E-state index is 0.335. The van der Waals surface area contributed by atoms with Gasteiger partial charge in [-0.25, -0.2) is 4.98 Å². The molecule has 1 fully saturated rings. The van der Waals surface area contributed by atoms with E-state index in [9.17, 15) is 0 Å². The maximum absolute atomic E-state index is 5.94. The van der Waals surface area contributed by atoms with E-state index in [-0.39, 0.29) is 0 Å². The van der Waals surface area contributed by atoms with Gasteiger partial charge in [0.2, 0.25) is 0 Å². The van der Waals surface area contributed by atoms with E-state index in [0.29, 0.717) is 12.0 Å². The number of hydrogen-bond acceptors (Lipinski definition) is 2. The molecular weight excluding hydrogens is 222 g/mol. The second-order valence-corrected chi connectivity index (χ2v) is 4.99. The summed E-state index contributed by atoms with van der Waals surface area (Å²) in [4.78, 5) is 7.95. The van der Waals surface area contributed by atoms with Crippen molar-refractivity contribution in [3.63, 3.8) is 0 Å². The number of aromatic nitrogens is 2. The van der Waals surface area contributed by atoms with Crippen molar-refractivity contribution in [2.75, 3.05) is 0 Å². The summed E-state index contributed by atoms with van der Waals surface area (Å²) in [6, 6.07) is 6.07. The molecule has 1 aromatic carbocycles. The minimum Gasteiger partial charge on any atom is -0.342 e. The fourth-order valence-corrected chi connectivity index (χ4v) is 2.63. The predicted molar refractivity (Wildman–Crippen MR) is 65.7 cm³/mol. The maximum Gasteiger partial charge on any atom is 0.110 e. The fraction of sp³-hybridized carbons (Fsp3) is 0.417. The van der Waals surface area contributed by atoms with E-state index in [1.807, 2.05) is 18.2 Å². The number of hydrogen-bond donors (Lipinski definition) is 2. The first kappa shape index (κ1) is 10.1. The van der Waals surface area contributed by atoms with Crippen LogP contribution in [0, 0.1) is 0 Å². The molecule has 16 heavy (non-hydrogen) atoms. The summed E-state index contributed by atoms with van der Waals surface area (Å²) in [5.41, 5.74) is 7.92. The van der Waals surface area contributed by atoms with Crippen LogP contribution in [0.5, 0.6) is 0 Å². The summed E-state index contributed by atoms with van der Waals surface area (Å²) < 4.78 is 0. The van der Waals surface area contributed by atoms with Crippen LogP contribution in [-0.2, 0) is 0 Å². The molecule has 2 aromatic rings. The average molecular weight is 236 g/mol. The zero-order valence-electron chi connectivity index (χ0n) is 8.91. The second kappa shape index (κ2) is 3.75. The smallest absolute Gasteiger partial charge is 0.110 e. The molecule has 1 heterocycles. The molecule has 0 amide bonds. The molecule has 0 saturated heterocycles. The van der Waals surface area contributed by atoms with Gasteiger partial charge in [0.25, 0.3) is 0 Å². The molecule has 4 heteroatoms. The molecule has 3 nitrogen and oxygen atoms in total. The summed E-state index contributed by atoms with van der Waals surface area (Å²) in [6.45, 7) is 0. The van der Waals surface area contributed by atoms with Gasteiger partial charge >= 0.3 is 0 Å². The van der Waals surface area contributed by atoms with E-state index in [0.717, 1.165) is 41.1 Å². The van der Waals surface area contributed by atoms with Gasteiger partial charge in [0, 0.05) is 17.0 Å². The van der Waals surface area contributed by atoms with Crippen LogP contribution >= 0.6 is 11.6 Å². The minimum atomic E-state index is 0.335. The van der Waals surface area contributed by atoms with Gasteiger partial charge < -0.3 is 10.7 Å². The Morgan fingerprint density at radius 1 is 1.38 bits per heavy atom. The Bertz CT molecular complexity index is 520. The van der Waals surface area contributed by atoms with Crippen molar-refractivity contribution in [2.24, 2.45) is 5.73 Å². The lowest BCUT2D eigenvalue weighted by atomic mass is 10.1. The monoisotopic (exact) mass is 235 g/mol. The Morgan fingerprint density at radius 2 is 2.25 bits per heavy atom. The van der Waals surface area contributed by atoms with Crippen molar-refractivity contribution in [2.45, 2.75) is 31.2 Å². The average Bonchev–Trinajstić information content (AvgIpc) is 2.83. The van der Waals surface area contributed by atoms with Gasteiger partial charge in [-0.1, -0.05) is 11.6 Å². The number of aromatic amines is 1. The topological polar surface area (TPSA) is 54.7 Å². The summed E-state index contributed by atoms with van der Waals surface area (Å²) in [5.74, 6) is 1.55. The first-order chi connectivity index (χ1) is 7.72. The van der Waals surface area contributed by atoms with Crippen molar-refractivity contribution >= 4 is 22.6 Å². The molecule has 0 aliphatic heterocycles. The van der Waals surface area contributed by atoms with E-state index in [1.165, 1.54) is 0 Å². The number of imidazole rings is 1. The molecule has 0 bridgehead atoms. The lowest BCUT2D eigenvalue weighted by Gasteiger charge is -2.04. The zero-order chi connectivity index (χ0) is 11.1. The van der Waals surface area contributed by atoms with Gasteiger partial charge in [-0.3, -0.25) is 0 Å². The molecule has 2 atom stereocenters. The number of rotatable bonds is 1. The van der Waals surface area contributed by atoms with Crippen molar-refractivity contribution in [3.05, 3.63) is 29.0 Å². The van der Waals surface area contributed by atoms with E-state index >= 15 is 0 Å². The fourth-order valence-electron chi connectivity index (χ4n) is 2.46. The molecule has 1 aromatic heterocycles. The maximum atomic E-state index is 5.94. The van der Waals surface area contributed by atoms with E-state index in [4.69, 9.17) is 17.3 Å². The van der Waals surface area contributed by atoms with Gasteiger partial charge in [0.05, 0.1) is 11.0 Å². The van der Waals surface area contributed by atoms with Crippen LogP contribution in [0.3, 0.4) is 0 Å². The van der Waals surface area contributed by atoms with Crippen LogP contribution in [0.25, 0.3) is 11.0 Å². The van der Waals surface area contributed by atoms with Crippen LogP contribution in [0.2, 0.25) is 5.02 Å². The third-order valence-electron chi connectivity index (χ3n) is 3.32. The Morgan fingerprint density at radius 3 is 3.00 bits per heavy atom. The third-order valence-corrected chi connectivity index (χ3v) is 3.56. The molecule has 1 aliphatic carbocycles. The predicted octanol–water partition coefficient (Wildman–Crippen LogP) is 2.81. The summed E-state index contributed by atoms with van der Waals surface area (Å²) in [6.07, 6.45) is 3.27. The van der Waals surface area contributed by atoms with Gasteiger partial charge in [0.15, 0.2) is 0 Å². The number of nitrogens with zero attached hydrogens (tertiary/aromatic N) is 1. The molecule has 0 radical (unpaired) electrons. The summed E-state index contributed by atoms with van der Waals surface area (Å²) in [7, 11) is 0. The Hall–Kier alpha value is -1.06. The number of fused-ring (bicyclic) bond motifs is 1. The molecule has 0 spiro atoms. The van der Waals surface area contributed by atoms with Gasteiger partial charge in [-0.15, -0.1) is 0 Å². The largest absolute Gasteiger partial charge is 0.342 e. The molecular formula is C12H14ClN3. The molecule has 1 aliphatic rings. The number of nitrogens with one attached hydrogen (secondary N) is 1. The molecule has 1 saturated carbocycles. The van der Waals surface area contributed by atoms with Crippen molar-refractivity contribution in [1.29, 1.82) is 0 Å². The van der Waals surface area contributed by atoms with Gasteiger partial charge in [-0.2, -0.15) is 0 Å². The van der Waals surface area contributed by atoms with Crippen LogP contribution in [0.15, 0.2) is 18.2 Å². The molecule has 84 valence electrons. The van der Waals surface area contributed by atoms with Crippen molar-refractivity contribution < 1.29 is 0 Å². The lowest BCUT2D eigenvalue weighted by Crippen LogP contribution is -2.14. The third kappa shape index (κ3) is 1.70. The first-order valence-electron chi connectivity index (χ1n) is 5.63. The first-order valence-corrected chi connectivity index (χ1v) is 6.01. The normalized spacial score (nSPS) is 25.4. The van der Waals surface area contributed by atoms with Crippen LogP contribution in [-0.4, -0.2) is 16.0 Å². The standard InChI is InChI=1S/C12H14ClN3/c13-8-2-4-10-11(6-8)16-12(15-10)7-1-3-9(14)5-7/h2,4,6-7,9H,1,3,5,14H2,(H,15,16). The van der Waals surface area contributed by atoms with Crippen LogP contribution in [0.4, 0.5) is 0 Å². The van der Waals surface area contributed by atoms with Gasteiger partial charge in [-0.05, 0) is 37.5 Å². The van der Waals surface area contributed by atoms with E-state index < -0.39 is 0 Å². The highest BCUT2D eigenvalue weighted by Gasteiger charge is 2.25. The van der Waals surface area contributed by atoms with Crippen LogP contribution < -0.4 is 5.73 Å². The Balaban J connectivity index is 1.99. The highest BCUT2D eigenvalue weighted by atomic mass is 35.5. The Kier molecular flexibility index (Phi) is 2.37. The summed E-state index contributed by atoms with van der Waals surface area (Å²) in [5, 5.41) is 0.742. The lowest BCUT2D eigenvalue weighted by molar-refractivity contribution is 0.651. The molecule has 2 unspecified atom stereocenters. The number of nitrogens with two attached hydrogens (primary N) is 1.